The molecule has 1 aromatic carbocycles. The summed E-state index contributed by atoms with van der Waals surface area (Å²) in [5.41, 5.74) is 7.79. The number of benzene rings is 1. The van der Waals surface area contributed by atoms with Gasteiger partial charge in [0.05, 0.1) is 25.3 Å². The summed E-state index contributed by atoms with van der Waals surface area (Å²) in [5, 5.41) is 25.0. The molecule has 0 aliphatic rings. The summed E-state index contributed by atoms with van der Waals surface area (Å²) in [4.78, 5) is 0. The van der Waals surface area contributed by atoms with Crippen molar-refractivity contribution in [2.24, 2.45) is 5.73 Å². The average molecular weight is 296 g/mol. The number of hydrogen-bond acceptors (Lipinski definition) is 3. The lowest BCUT2D eigenvalue weighted by Crippen LogP contribution is -2.71. The molecule has 0 saturated heterocycles. The van der Waals surface area contributed by atoms with E-state index in [0.717, 1.165) is 11.1 Å². The van der Waals surface area contributed by atoms with Gasteiger partial charge in [-0.2, -0.15) is 5.10 Å². The van der Waals surface area contributed by atoms with Gasteiger partial charge in [0.1, 0.15) is 0 Å². The van der Waals surface area contributed by atoms with E-state index in [4.69, 9.17) is 22.5 Å². The van der Waals surface area contributed by atoms with Crippen molar-refractivity contribution in [1.82, 2.24) is 9.78 Å². The Kier molecular flexibility index (Phi) is 4.60. The van der Waals surface area contributed by atoms with E-state index in [0.29, 0.717) is 23.7 Å². The quantitative estimate of drug-likeness (QED) is 0.268. The van der Waals surface area contributed by atoms with Crippen LogP contribution in [0.1, 0.15) is 12.0 Å². The molecule has 0 fully saturated rings. The number of nitrogens with two attached hydrogens (primary N) is 1. The summed E-state index contributed by atoms with van der Waals surface area (Å²) in [5.74, 6) is 0.263. The van der Waals surface area contributed by atoms with Gasteiger partial charge in [0, 0.05) is 22.3 Å². The average Bonchev–Trinajstić information content (AvgIpc) is 2.88. The van der Waals surface area contributed by atoms with E-state index in [1.165, 1.54) is 0 Å². The second kappa shape index (κ2) is 6.40. The van der Waals surface area contributed by atoms with Crippen molar-refractivity contribution in [2.75, 3.05) is 0 Å². The monoisotopic (exact) mass is 295 g/mol. The van der Waals surface area contributed by atoms with Crippen LogP contribution in [0.15, 0.2) is 30.5 Å². The van der Waals surface area contributed by atoms with Gasteiger partial charge in [-0.05, 0) is 12.1 Å². The van der Waals surface area contributed by atoms with E-state index in [2.05, 4.69) is 5.10 Å². The third-order valence-electron chi connectivity index (χ3n) is 2.88. The molecule has 0 unspecified atom stereocenters. The van der Waals surface area contributed by atoms with Gasteiger partial charge in [-0.15, -0.1) is 0 Å². The van der Waals surface area contributed by atoms with E-state index in [1.54, 1.807) is 23.0 Å². The first-order valence-corrected chi connectivity index (χ1v) is 6.46. The summed E-state index contributed by atoms with van der Waals surface area (Å²) in [6.07, 6.45) is 2.19. The van der Waals surface area contributed by atoms with Crippen LogP contribution < -0.4 is 10.9 Å². The molecule has 7 heteroatoms. The largest absolute Gasteiger partial charge is 0.392 e. The molecule has 1 aromatic heterocycles. The fourth-order valence-corrected chi connectivity index (χ4v) is 1.96. The van der Waals surface area contributed by atoms with Gasteiger partial charge in [0.2, 0.25) is 0 Å². The van der Waals surface area contributed by atoms with Gasteiger partial charge in [0.25, 0.3) is 5.84 Å². The molecule has 0 amide bonds. The fourth-order valence-electron chi connectivity index (χ4n) is 1.83. The Morgan fingerprint density at radius 1 is 1.35 bits per heavy atom. The van der Waals surface area contributed by atoms with Gasteiger partial charge in [0.15, 0.2) is 0 Å². The van der Waals surface area contributed by atoms with Crippen molar-refractivity contribution in [3.05, 3.63) is 41.0 Å². The van der Waals surface area contributed by atoms with Crippen LogP contribution in [0.4, 0.5) is 0 Å². The van der Waals surface area contributed by atoms with E-state index >= 15 is 0 Å². The Bertz CT molecular complexity index is 607. The lowest BCUT2D eigenvalue weighted by molar-refractivity contribution is -0.739. The predicted octanol–water partition coefficient (Wildman–Crippen LogP) is -0.0871. The van der Waals surface area contributed by atoms with E-state index in [-0.39, 0.29) is 12.4 Å². The first-order chi connectivity index (χ1) is 9.63. The number of nitrogens with zero attached hydrogens (tertiary/aromatic N) is 2. The number of rotatable bonds is 5. The molecule has 1 heterocycles. The summed E-state index contributed by atoms with van der Waals surface area (Å²) in [6, 6.07) is 7.25. The molecular formula is C13H16ClN4O2+. The molecule has 0 bridgehead atoms. The van der Waals surface area contributed by atoms with Crippen LogP contribution in [-0.4, -0.2) is 25.9 Å². The Balaban J connectivity index is 2.24. The summed E-state index contributed by atoms with van der Waals surface area (Å²) in [7, 11) is 0. The van der Waals surface area contributed by atoms with Crippen LogP contribution in [-0.2, 0) is 13.2 Å². The maximum Gasteiger partial charge on any atom is 0.280 e. The van der Waals surface area contributed by atoms with Crippen LogP contribution in [0.25, 0.3) is 11.3 Å². The molecule has 6 nitrogen and oxygen atoms in total. The van der Waals surface area contributed by atoms with Gasteiger partial charge < -0.3 is 10.3 Å². The number of hydrogen-bond donors (Lipinski definition) is 4. The molecule has 0 spiro atoms. The molecule has 106 valence electrons. The molecule has 0 saturated carbocycles. The van der Waals surface area contributed by atoms with Gasteiger partial charge in [-0.1, -0.05) is 28.9 Å². The number of halogens is 1. The standard InChI is InChI=1S/C13H15ClN4O2/c14-11-3-1-9(2-4-11)13-10(8-19)7-18(16-13)6-5-12(15)17-20/h1-4,7,19-20H,5-6,8H2,(H2,15,17)/p+1. The van der Waals surface area contributed by atoms with Gasteiger partial charge >= 0.3 is 0 Å². The highest BCUT2D eigenvalue weighted by atomic mass is 35.5. The lowest BCUT2D eigenvalue weighted by Gasteiger charge is -2.00. The van der Waals surface area contributed by atoms with Crippen LogP contribution in [0.2, 0.25) is 5.02 Å². The number of aliphatic hydroxyl groups excluding tert-OH is 1. The minimum Gasteiger partial charge on any atom is -0.392 e. The Morgan fingerprint density at radius 2 is 2.05 bits per heavy atom. The highest BCUT2D eigenvalue weighted by molar-refractivity contribution is 6.30. The fraction of sp³-hybridized carbons (Fsp3) is 0.231. The first kappa shape index (κ1) is 14.4. The number of nitrogens with one attached hydrogen (secondary N) is 1. The van der Waals surface area contributed by atoms with Gasteiger partial charge in [-0.25, -0.2) is 0 Å². The molecular weight excluding hydrogens is 280 g/mol. The smallest absolute Gasteiger partial charge is 0.280 e. The van der Waals surface area contributed by atoms with E-state index in [1.807, 2.05) is 17.3 Å². The Hall–Kier alpha value is -2.05. The topological polar surface area (TPSA) is 98.3 Å². The molecule has 0 radical (unpaired) electrons. The summed E-state index contributed by atoms with van der Waals surface area (Å²) >= 11 is 5.86. The lowest BCUT2D eigenvalue weighted by atomic mass is 10.1. The zero-order chi connectivity index (χ0) is 14.5. The number of aromatic nitrogens is 2. The predicted molar refractivity (Wildman–Crippen MR) is 75.2 cm³/mol. The third kappa shape index (κ3) is 3.28. The zero-order valence-electron chi connectivity index (χ0n) is 10.8. The van der Waals surface area contributed by atoms with E-state index in [9.17, 15) is 5.11 Å². The maximum atomic E-state index is 9.41. The van der Waals surface area contributed by atoms with Crippen molar-refractivity contribution in [2.45, 2.75) is 19.6 Å². The minimum absolute atomic E-state index is 0.102. The SMILES string of the molecule is NC(CCn1cc(CO)c(-c2ccc(Cl)cc2)n1)=[NH+]O. The highest BCUT2D eigenvalue weighted by Gasteiger charge is 2.11. The molecule has 2 rings (SSSR count). The van der Waals surface area contributed by atoms with Gasteiger partial charge in [-0.3, -0.25) is 10.4 Å². The van der Waals surface area contributed by atoms with Crippen molar-refractivity contribution in [1.29, 1.82) is 0 Å². The normalized spacial score (nSPS) is 11.8. The molecule has 5 N–H and O–H groups in total. The number of amidine groups is 1. The number of aliphatic hydroxyl groups is 1. The van der Waals surface area contributed by atoms with Crippen LogP contribution in [0, 0.1) is 0 Å². The van der Waals surface area contributed by atoms with Crippen LogP contribution in [0.3, 0.4) is 0 Å². The maximum absolute atomic E-state index is 9.41. The van der Waals surface area contributed by atoms with E-state index < -0.39 is 0 Å². The Morgan fingerprint density at radius 3 is 2.65 bits per heavy atom. The first-order valence-electron chi connectivity index (χ1n) is 6.08. The molecule has 0 atom stereocenters. The van der Waals surface area contributed by atoms with Crippen molar-refractivity contribution in [3.8, 4) is 11.3 Å². The number of aryl methyl sites for hydroxylation is 1. The molecule has 0 aliphatic heterocycles. The summed E-state index contributed by atoms with van der Waals surface area (Å²) in [6.45, 7) is 0.398. The second-order valence-electron chi connectivity index (χ2n) is 4.32. The molecule has 20 heavy (non-hydrogen) atoms. The van der Waals surface area contributed by atoms with Crippen molar-refractivity contribution >= 4 is 17.4 Å². The zero-order valence-corrected chi connectivity index (χ0v) is 11.5. The third-order valence-corrected chi connectivity index (χ3v) is 3.13. The van der Waals surface area contributed by atoms with Crippen molar-refractivity contribution in [3.63, 3.8) is 0 Å². The molecule has 0 aliphatic carbocycles. The van der Waals surface area contributed by atoms with Crippen LogP contribution in [0.5, 0.6) is 0 Å². The Labute approximate surface area is 121 Å². The summed E-state index contributed by atoms with van der Waals surface area (Å²) < 4.78 is 1.68. The minimum atomic E-state index is -0.102. The van der Waals surface area contributed by atoms with Crippen LogP contribution >= 0.6 is 11.6 Å². The second-order valence-corrected chi connectivity index (χ2v) is 4.75. The molecule has 2 aromatic rings. The highest BCUT2D eigenvalue weighted by Crippen LogP contribution is 2.23. The van der Waals surface area contributed by atoms with Crippen molar-refractivity contribution < 1.29 is 15.5 Å².